The molecule has 1 aromatic carbocycles. The van der Waals surface area contributed by atoms with Crippen LogP contribution in [0.2, 0.25) is 0 Å². The number of thioether (sulfide) groups is 1. The van der Waals surface area contributed by atoms with Crippen LogP contribution in [-0.2, 0) is 26.0 Å². The fraction of sp³-hybridized carbons (Fsp3) is 0.636. The number of nitrogens with one attached hydrogen (secondary N) is 3. The number of carbonyl (C=O) groups is 2. The number of hydrogen-bond acceptors (Lipinski definition) is 7. The van der Waals surface area contributed by atoms with E-state index in [1.54, 1.807) is 19.2 Å². The summed E-state index contributed by atoms with van der Waals surface area (Å²) >= 11 is 1.45. The molecule has 0 spiro atoms. The summed E-state index contributed by atoms with van der Waals surface area (Å²) in [6.07, 6.45) is 5.06. The predicted molar refractivity (Wildman–Crippen MR) is 126 cm³/mol. The van der Waals surface area contributed by atoms with Crippen molar-refractivity contribution in [1.82, 2.24) is 16.0 Å². The average molecular weight is 484 g/mol. The second kappa shape index (κ2) is 11.9. The van der Waals surface area contributed by atoms with Crippen LogP contribution in [0.1, 0.15) is 37.7 Å². The largest absolute Gasteiger partial charge is 0.497 e. The number of hydrogen-bond donors (Lipinski definition) is 3. The van der Waals surface area contributed by atoms with E-state index in [0.29, 0.717) is 12.3 Å². The lowest BCUT2D eigenvalue weighted by molar-refractivity contribution is -0.128. The van der Waals surface area contributed by atoms with Crippen molar-refractivity contribution < 1.29 is 22.7 Å². The molecule has 178 valence electrons. The van der Waals surface area contributed by atoms with Crippen LogP contribution in [0.4, 0.5) is 0 Å². The Hall–Kier alpha value is -1.78. The van der Waals surface area contributed by atoms with Crippen molar-refractivity contribution in [2.75, 3.05) is 30.9 Å². The van der Waals surface area contributed by atoms with Crippen LogP contribution in [0.25, 0.3) is 0 Å². The average Bonchev–Trinajstić information content (AvgIpc) is 3.33. The number of methoxy groups -OCH3 is 1. The molecule has 1 aliphatic heterocycles. The van der Waals surface area contributed by atoms with Crippen molar-refractivity contribution in [1.29, 1.82) is 0 Å². The second-order valence-electron chi connectivity index (χ2n) is 8.41. The highest BCUT2D eigenvalue weighted by molar-refractivity contribution is 8.00. The van der Waals surface area contributed by atoms with Crippen molar-refractivity contribution >= 4 is 33.4 Å². The number of sulfone groups is 1. The van der Waals surface area contributed by atoms with Gasteiger partial charge in [-0.15, -0.1) is 11.8 Å². The minimum Gasteiger partial charge on any atom is -0.497 e. The Morgan fingerprint density at radius 2 is 1.91 bits per heavy atom. The van der Waals surface area contributed by atoms with Crippen LogP contribution in [0, 0.1) is 5.92 Å². The first-order valence-electron chi connectivity index (χ1n) is 11.1. The van der Waals surface area contributed by atoms with Gasteiger partial charge in [0.15, 0.2) is 9.84 Å². The molecular formula is C22H33N3O5S2. The Balaban J connectivity index is 1.63. The molecule has 0 aromatic heterocycles. The number of ether oxygens (including phenoxy) is 1. The first-order chi connectivity index (χ1) is 15.4. The van der Waals surface area contributed by atoms with Gasteiger partial charge in [-0.25, -0.2) is 8.42 Å². The van der Waals surface area contributed by atoms with Gasteiger partial charge in [0, 0.05) is 18.8 Å². The van der Waals surface area contributed by atoms with Gasteiger partial charge in [0.25, 0.3) is 0 Å². The fourth-order valence-corrected chi connectivity index (χ4v) is 6.97. The molecule has 32 heavy (non-hydrogen) atoms. The highest BCUT2D eigenvalue weighted by Gasteiger charge is 2.32. The molecule has 3 N–H and O–H groups in total. The SMILES string of the molecule is COc1ccc(CNC(=O)C(CS(=O)(=O)CC2CCCCC2)NC(=O)C2NCCS2)cc1. The van der Waals surface area contributed by atoms with E-state index in [0.717, 1.165) is 43.4 Å². The molecule has 10 heteroatoms. The van der Waals surface area contributed by atoms with Crippen molar-refractivity contribution in [2.24, 2.45) is 5.92 Å². The Bertz CT molecular complexity index is 864. The number of rotatable bonds is 10. The van der Waals surface area contributed by atoms with Crippen molar-refractivity contribution in [3.8, 4) is 5.75 Å². The maximum Gasteiger partial charge on any atom is 0.248 e. The monoisotopic (exact) mass is 483 g/mol. The number of carbonyl (C=O) groups excluding carboxylic acids is 2. The Kier molecular flexibility index (Phi) is 9.24. The van der Waals surface area contributed by atoms with E-state index in [2.05, 4.69) is 16.0 Å². The molecule has 1 heterocycles. The summed E-state index contributed by atoms with van der Waals surface area (Å²) in [7, 11) is -1.93. The standard InChI is InChI=1S/C22H33N3O5S2/c1-30-18-9-7-16(8-10-18)13-24-20(26)19(25-21(27)22-23-11-12-31-22)15-32(28,29)14-17-5-3-2-4-6-17/h7-10,17,19,22-23H,2-6,11-15H2,1H3,(H,24,26)(H,25,27). The number of benzene rings is 1. The van der Waals surface area contributed by atoms with Crippen molar-refractivity contribution in [2.45, 2.75) is 50.1 Å². The van der Waals surface area contributed by atoms with E-state index in [-0.39, 0.29) is 29.9 Å². The van der Waals surface area contributed by atoms with E-state index in [4.69, 9.17) is 4.74 Å². The third kappa shape index (κ3) is 7.67. The molecule has 0 bridgehead atoms. The summed E-state index contributed by atoms with van der Waals surface area (Å²) in [4.78, 5) is 25.5. The normalized spacial score (nSPS) is 20.5. The summed E-state index contributed by atoms with van der Waals surface area (Å²) in [6.45, 7) is 0.936. The van der Waals surface area contributed by atoms with Gasteiger partial charge in [-0.2, -0.15) is 0 Å². The van der Waals surface area contributed by atoms with E-state index < -0.39 is 27.2 Å². The Morgan fingerprint density at radius 3 is 2.53 bits per heavy atom. The molecule has 1 aromatic rings. The molecule has 2 aliphatic rings. The summed E-state index contributed by atoms with van der Waals surface area (Å²) in [5, 5.41) is 8.04. The topological polar surface area (TPSA) is 114 Å². The fourth-order valence-electron chi connectivity index (χ4n) is 4.12. The molecule has 8 nitrogen and oxygen atoms in total. The molecule has 2 fully saturated rings. The minimum absolute atomic E-state index is 0.0710. The summed E-state index contributed by atoms with van der Waals surface area (Å²) in [6, 6.07) is 6.10. The van der Waals surface area contributed by atoms with Crippen LogP contribution in [0.3, 0.4) is 0 Å². The summed E-state index contributed by atoms with van der Waals surface area (Å²) in [5.41, 5.74) is 0.849. The van der Waals surface area contributed by atoms with Crippen LogP contribution < -0.4 is 20.7 Å². The predicted octanol–water partition coefficient (Wildman–Crippen LogP) is 1.45. The summed E-state index contributed by atoms with van der Waals surface area (Å²) in [5.74, 6) is 0.476. The molecule has 3 rings (SSSR count). The van der Waals surface area contributed by atoms with Crippen molar-refractivity contribution in [3.05, 3.63) is 29.8 Å². The van der Waals surface area contributed by atoms with E-state index in [1.807, 2.05) is 12.1 Å². The van der Waals surface area contributed by atoms with Gasteiger partial charge in [0.05, 0.1) is 18.6 Å². The smallest absolute Gasteiger partial charge is 0.248 e. The quantitative estimate of drug-likeness (QED) is 0.462. The van der Waals surface area contributed by atoms with Gasteiger partial charge in [0.1, 0.15) is 17.2 Å². The van der Waals surface area contributed by atoms with Crippen LogP contribution >= 0.6 is 11.8 Å². The molecule has 2 unspecified atom stereocenters. The maximum atomic E-state index is 12.9. The lowest BCUT2D eigenvalue weighted by Crippen LogP contribution is -2.53. The second-order valence-corrected chi connectivity index (χ2v) is 11.8. The van der Waals surface area contributed by atoms with E-state index >= 15 is 0 Å². The molecule has 1 saturated carbocycles. The zero-order valence-corrected chi connectivity index (χ0v) is 20.1. The Labute approximate surface area is 194 Å². The highest BCUT2D eigenvalue weighted by Crippen LogP contribution is 2.25. The minimum atomic E-state index is -3.51. The van der Waals surface area contributed by atoms with Gasteiger partial charge >= 0.3 is 0 Å². The van der Waals surface area contributed by atoms with Crippen LogP contribution in [0.15, 0.2) is 24.3 Å². The lowest BCUT2D eigenvalue weighted by atomic mass is 9.91. The first-order valence-corrected chi connectivity index (χ1v) is 14.0. The first kappa shape index (κ1) is 24.9. The maximum absolute atomic E-state index is 12.9. The third-order valence-electron chi connectivity index (χ3n) is 5.85. The molecule has 0 radical (unpaired) electrons. The Morgan fingerprint density at radius 1 is 1.19 bits per heavy atom. The van der Waals surface area contributed by atoms with Gasteiger partial charge in [0.2, 0.25) is 11.8 Å². The van der Waals surface area contributed by atoms with Gasteiger partial charge < -0.3 is 15.4 Å². The zero-order chi connectivity index (χ0) is 23.0. The van der Waals surface area contributed by atoms with Crippen LogP contribution in [0.5, 0.6) is 5.75 Å². The van der Waals surface area contributed by atoms with E-state index in [1.165, 1.54) is 11.8 Å². The molecule has 2 atom stereocenters. The van der Waals surface area contributed by atoms with Gasteiger partial charge in [-0.1, -0.05) is 31.4 Å². The van der Waals surface area contributed by atoms with Crippen molar-refractivity contribution in [3.63, 3.8) is 0 Å². The lowest BCUT2D eigenvalue weighted by Gasteiger charge is -2.24. The molecule has 1 aliphatic carbocycles. The third-order valence-corrected chi connectivity index (χ3v) is 8.82. The van der Waals surface area contributed by atoms with Gasteiger partial charge in [-0.05, 0) is 36.5 Å². The van der Waals surface area contributed by atoms with Gasteiger partial charge in [-0.3, -0.25) is 14.9 Å². The molecule has 2 amide bonds. The zero-order valence-electron chi connectivity index (χ0n) is 18.5. The number of amides is 2. The van der Waals surface area contributed by atoms with E-state index in [9.17, 15) is 18.0 Å². The molecular weight excluding hydrogens is 450 g/mol. The summed E-state index contributed by atoms with van der Waals surface area (Å²) < 4.78 is 30.9. The van der Waals surface area contributed by atoms with Crippen LogP contribution in [-0.4, -0.2) is 62.6 Å². The molecule has 1 saturated heterocycles. The highest BCUT2D eigenvalue weighted by atomic mass is 32.2.